The molecule has 0 aromatic heterocycles. The summed E-state index contributed by atoms with van der Waals surface area (Å²) < 4.78 is 0. The van der Waals surface area contributed by atoms with Crippen LogP contribution in [-0.4, -0.2) is 29.8 Å². The zero-order valence-corrected chi connectivity index (χ0v) is 14.2. The van der Waals surface area contributed by atoms with E-state index in [-0.39, 0.29) is 30.3 Å². The number of hydrogen-bond donors (Lipinski definition) is 1. The fourth-order valence-electron chi connectivity index (χ4n) is 3.58. The third-order valence-electron chi connectivity index (χ3n) is 5.08. The Bertz CT molecular complexity index is 783. The van der Waals surface area contributed by atoms with E-state index in [1.165, 1.54) is 11.1 Å². The van der Waals surface area contributed by atoms with E-state index in [4.69, 9.17) is 0 Å². The molecule has 0 saturated heterocycles. The van der Waals surface area contributed by atoms with Gasteiger partial charge in [0.05, 0.1) is 12.6 Å². The standard InChI is InChI=1S/C21H22N2O2/c24-19(14-22-21(25)17-10-11-17)23-13-12-15-6-4-5-9-18(15)20(23)16-7-2-1-3-8-16/h1-9,17,20H,10-14H2,(H,22,25)/t20-/m0/s1. The normalized spacial score (nSPS) is 19.2. The third-order valence-corrected chi connectivity index (χ3v) is 5.08. The molecular formula is C21H22N2O2. The predicted octanol–water partition coefficient (Wildman–Crippen LogP) is 2.69. The first-order valence-corrected chi connectivity index (χ1v) is 8.94. The van der Waals surface area contributed by atoms with Gasteiger partial charge in [0.15, 0.2) is 0 Å². The molecule has 128 valence electrons. The van der Waals surface area contributed by atoms with E-state index in [1.54, 1.807) is 0 Å². The molecule has 1 atom stereocenters. The summed E-state index contributed by atoms with van der Waals surface area (Å²) in [5.41, 5.74) is 3.58. The van der Waals surface area contributed by atoms with Crippen molar-refractivity contribution < 1.29 is 9.59 Å². The molecule has 1 fully saturated rings. The summed E-state index contributed by atoms with van der Waals surface area (Å²) >= 11 is 0. The van der Waals surface area contributed by atoms with Crippen molar-refractivity contribution in [2.75, 3.05) is 13.1 Å². The molecule has 0 unspecified atom stereocenters. The van der Waals surface area contributed by atoms with Crippen molar-refractivity contribution in [1.29, 1.82) is 0 Å². The number of nitrogens with one attached hydrogen (secondary N) is 1. The van der Waals surface area contributed by atoms with Gasteiger partial charge in [0.2, 0.25) is 11.8 Å². The van der Waals surface area contributed by atoms with Crippen LogP contribution in [0.4, 0.5) is 0 Å². The number of benzene rings is 2. The molecule has 1 heterocycles. The molecule has 2 aromatic rings. The van der Waals surface area contributed by atoms with Gasteiger partial charge in [0, 0.05) is 12.5 Å². The van der Waals surface area contributed by atoms with Crippen molar-refractivity contribution in [3.63, 3.8) is 0 Å². The topological polar surface area (TPSA) is 49.4 Å². The molecule has 4 rings (SSSR count). The van der Waals surface area contributed by atoms with Crippen molar-refractivity contribution >= 4 is 11.8 Å². The number of carbonyl (C=O) groups excluding carboxylic acids is 2. The average molecular weight is 334 g/mol. The molecule has 25 heavy (non-hydrogen) atoms. The minimum Gasteiger partial charge on any atom is -0.347 e. The maximum absolute atomic E-state index is 12.9. The van der Waals surface area contributed by atoms with Crippen LogP contribution in [0.15, 0.2) is 54.6 Å². The second-order valence-corrected chi connectivity index (χ2v) is 6.84. The van der Waals surface area contributed by atoms with E-state index in [9.17, 15) is 9.59 Å². The number of rotatable bonds is 4. The third kappa shape index (κ3) is 3.29. The Hall–Kier alpha value is -2.62. The summed E-state index contributed by atoms with van der Waals surface area (Å²) in [6.45, 7) is 0.759. The van der Waals surface area contributed by atoms with E-state index in [0.29, 0.717) is 6.54 Å². The fourth-order valence-corrected chi connectivity index (χ4v) is 3.58. The average Bonchev–Trinajstić information content (AvgIpc) is 3.51. The molecule has 1 N–H and O–H groups in total. The highest BCUT2D eigenvalue weighted by atomic mass is 16.2. The molecule has 1 aliphatic heterocycles. The van der Waals surface area contributed by atoms with Gasteiger partial charge in [-0.1, -0.05) is 54.6 Å². The molecule has 1 aliphatic carbocycles. The molecule has 0 radical (unpaired) electrons. The van der Waals surface area contributed by atoms with Crippen LogP contribution in [0.2, 0.25) is 0 Å². The molecule has 0 bridgehead atoms. The first kappa shape index (κ1) is 15.9. The van der Waals surface area contributed by atoms with Gasteiger partial charge in [-0.3, -0.25) is 9.59 Å². The highest BCUT2D eigenvalue weighted by molar-refractivity contribution is 5.87. The quantitative estimate of drug-likeness (QED) is 0.934. The summed E-state index contributed by atoms with van der Waals surface area (Å²) in [6, 6.07) is 18.4. The van der Waals surface area contributed by atoms with Crippen LogP contribution in [0.3, 0.4) is 0 Å². The Morgan fingerprint density at radius 2 is 1.72 bits per heavy atom. The Kier molecular flexibility index (Phi) is 4.26. The number of fused-ring (bicyclic) bond motifs is 1. The van der Waals surface area contributed by atoms with Crippen molar-refractivity contribution in [2.45, 2.75) is 25.3 Å². The van der Waals surface area contributed by atoms with Gasteiger partial charge >= 0.3 is 0 Å². The maximum Gasteiger partial charge on any atom is 0.242 e. The highest BCUT2D eigenvalue weighted by Gasteiger charge is 2.33. The van der Waals surface area contributed by atoms with Crippen LogP contribution in [-0.2, 0) is 16.0 Å². The SMILES string of the molecule is O=C(NCC(=O)N1CCc2ccccc2[C@@H]1c1ccccc1)C1CC1. The van der Waals surface area contributed by atoms with Gasteiger partial charge in [0.25, 0.3) is 0 Å². The molecule has 4 heteroatoms. The minimum absolute atomic E-state index is 0.0158. The lowest BCUT2D eigenvalue weighted by Crippen LogP contribution is -2.45. The highest BCUT2D eigenvalue weighted by Crippen LogP contribution is 2.35. The minimum atomic E-state index is -0.0866. The van der Waals surface area contributed by atoms with Gasteiger partial charge in [-0.05, 0) is 36.0 Å². The molecule has 1 saturated carbocycles. The first-order chi connectivity index (χ1) is 12.2. The lowest BCUT2D eigenvalue weighted by molar-refractivity contribution is -0.134. The summed E-state index contributed by atoms with van der Waals surface area (Å²) in [6.07, 6.45) is 2.75. The molecular weight excluding hydrogens is 312 g/mol. The van der Waals surface area contributed by atoms with E-state index >= 15 is 0 Å². The van der Waals surface area contributed by atoms with Crippen LogP contribution in [0, 0.1) is 5.92 Å². The van der Waals surface area contributed by atoms with Gasteiger partial charge in [0.1, 0.15) is 0 Å². The Balaban J connectivity index is 1.59. The molecule has 2 aliphatic rings. The molecule has 2 amide bonds. The smallest absolute Gasteiger partial charge is 0.242 e. The Morgan fingerprint density at radius 3 is 2.48 bits per heavy atom. The zero-order chi connectivity index (χ0) is 17.2. The largest absolute Gasteiger partial charge is 0.347 e. The number of carbonyl (C=O) groups is 2. The van der Waals surface area contributed by atoms with E-state index in [0.717, 1.165) is 24.8 Å². The van der Waals surface area contributed by atoms with Crippen LogP contribution in [0.5, 0.6) is 0 Å². The second-order valence-electron chi connectivity index (χ2n) is 6.84. The summed E-state index contributed by atoms with van der Waals surface area (Å²) in [5, 5.41) is 2.81. The molecule has 0 spiro atoms. The fraction of sp³-hybridized carbons (Fsp3) is 0.333. The van der Waals surface area contributed by atoms with Crippen molar-refractivity contribution in [3.8, 4) is 0 Å². The van der Waals surface area contributed by atoms with Crippen LogP contribution < -0.4 is 5.32 Å². The lowest BCUT2D eigenvalue weighted by atomic mass is 9.88. The van der Waals surface area contributed by atoms with Crippen LogP contribution in [0.25, 0.3) is 0 Å². The van der Waals surface area contributed by atoms with Crippen molar-refractivity contribution in [2.24, 2.45) is 5.92 Å². The Morgan fingerprint density at radius 1 is 1.00 bits per heavy atom. The second kappa shape index (κ2) is 6.71. The van der Waals surface area contributed by atoms with Gasteiger partial charge in [-0.25, -0.2) is 0 Å². The number of hydrogen-bond acceptors (Lipinski definition) is 2. The predicted molar refractivity (Wildman–Crippen MR) is 95.9 cm³/mol. The van der Waals surface area contributed by atoms with Crippen molar-refractivity contribution in [1.82, 2.24) is 10.2 Å². The van der Waals surface area contributed by atoms with E-state index in [1.807, 2.05) is 35.2 Å². The van der Waals surface area contributed by atoms with E-state index < -0.39 is 0 Å². The van der Waals surface area contributed by atoms with Crippen LogP contribution >= 0.6 is 0 Å². The molecule has 4 nitrogen and oxygen atoms in total. The summed E-state index contributed by atoms with van der Waals surface area (Å²) in [5.74, 6) is 0.124. The van der Waals surface area contributed by atoms with Gasteiger partial charge in [-0.2, -0.15) is 0 Å². The maximum atomic E-state index is 12.9. The van der Waals surface area contributed by atoms with Gasteiger partial charge < -0.3 is 10.2 Å². The van der Waals surface area contributed by atoms with Crippen LogP contribution in [0.1, 0.15) is 35.6 Å². The first-order valence-electron chi connectivity index (χ1n) is 8.94. The summed E-state index contributed by atoms with van der Waals surface area (Å²) in [4.78, 5) is 26.6. The lowest BCUT2D eigenvalue weighted by Gasteiger charge is -2.38. The van der Waals surface area contributed by atoms with Gasteiger partial charge in [-0.15, -0.1) is 0 Å². The Labute approximate surface area is 147 Å². The van der Waals surface area contributed by atoms with Crippen molar-refractivity contribution in [3.05, 3.63) is 71.3 Å². The zero-order valence-electron chi connectivity index (χ0n) is 14.2. The molecule has 2 aromatic carbocycles. The number of amides is 2. The monoisotopic (exact) mass is 334 g/mol. The number of nitrogens with zero attached hydrogens (tertiary/aromatic N) is 1. The summed E-state index contributed by atoms with van der Waals surface area (Å²) in [7, 11) is 0. The van der Waals surface area contributed by atoms with E-state index in [2.05, 4.69) is 29.6 Å².